The van der Waals surface area contributed by atoms with Crippen molar-refractivity contribution in [1.29, 1.82) is 0 Å². The minimum atomic E-state index is -0.412. The van der Waals surface area contributed by atoms with Gasteiger partial charge in [-0.3, -0.25) is 9.59 Å². The van der Waals surface area contributed by atoms with Crippen molar-refractivity contribution in [2.75, 3.05) is 38.6 Å². The van der Waals surface area contributed by atoms with Gasteiger partial charge in [-0.25, -0.2) is 4.98 Å². The quantitative estimate of drug-likeness (QED) is 0.861. The molecule has 0 bridgehead atoms. The van der Waals surface area contributed by atoms with Crippen LogP contribution in [0, 0.1) is 5.41 Å². The molecule has 0 aliphatic carbocycles. The third-order valence-corrected chi connectivity index (χ3v) is 6.07. The van der Waals surface area contributed by atoms with E-state index in [-0.39, 0.29) is 17.9 Å². The minimum Gasteiger partial charge on any atom is -0.384 e. The van der Waals surface area contributed by atoms with E-state index in [1.165, 1.54) is 0 Å². The molecule has 4 rings (SSSR count). The van der Waals surface area contributed by atoms with Gasteiger partial charge in [0.25, 0.3) is 5.91 Å². The summed E-state index contributed by atoms with van der Waals surface area (Å²) in [5, 5.41) is 0. The van der Waals surface area contributed by atoms with Crippen molar-refractivity contribution >= 4 is 17.6 Å². The van der Waals surface area contributed by atoms with Crippen LogP contribution in [0.2, 0.25) is 0 Å². The molecule has 4 heterocycles. The van der Waals surface area contributed by atoms with Crippen LogP contribution in [0.5, 0.6) is 0 Å². The van der Waals surface area contributed by atoms with Gasteiger partial charge in [0.2, 0.25) is 5.91 Å². The first-order valence-corrected chi connectivity index (χ1v) is 9.49. The Kier molecular flexibility index (Phi) is 4.56. The number of anilines is 1. The number of nitrogens with zero attached hydrogens (tertiary/aromatic N) is 3. The van der Waals surface area contributed by atoms with Crippen LogP contribution >= 0.6 is 0 Å². The highest BCUT2D eigenvalue weighted by Crippen LogP contribution is 2.41. The van der Waals surface area contributed by atoms with Gasteiger partial charge in [0, 0.05) is 50.7 Å². The Balaban J connectivity index is 1.49. The van der Waals surface area contributed by atoms with Gasteiger partial charge in [-0.15, -0.1) is 0 Å². The van der Waals surface area contributed by atoms with E-state index in [9.17, 15) is 9.59 Å². The van der Waals surface area contributed by atoms with E-state index >= 15 is 0 Å². The minimum absolute atomic E-state index is 0.0630. The summed E-state index contributed by atoms with van der Waals surface area (Å²) in [5.74, 6) is 0.511. The average Bonchev–Trinajstić information content (AvgIpc) is 3.09. The van der Waals surface area contributed by atoms with Gasteiger partial charge in [0.1, 0.15) is 5.82 Å². The molecule has 3 aliphatic rings. The van der Waals surface area contributed by atoms with Gasteiger partial charge in [0.15, 0.2) is 0 Å². The SMILES string of the molecule is Nc1cc(C(=O)N2CCC3(CCCN(C4CCOCC4)C3=O)C2)ccn1. The van der Waals surface area contributed by atoms with Crippen LogP contribution in [0.25, 0.3) is 0 Å². The fraction of sp³-hybridized carbons (Fsp3) is 0.632. The Morgan fingerprint density at radius 1 is 1.27 bits per heavy atom. The highest BCUT2D eigenvalue weighted by molar-refractivity contribution is 5.96. The van der Waals surface area contributed by atoms with Crippen LogP contribution in [-0.2, 0) is 9.53 Å². The molecule has 0 radical (unpaired) electrons. The second kappa shape index (κ2) is 6.87. The molecule has 1 aromatic rings. The number of pyridine rings is 1. The summed E-state index contributed by atoms with van der Waals surface area (Å²) in [6.07, 6.45) is 6.01. The Morgan fingerprint density at radius 2 is 2.08 bits per heavy atom. The monoisotopic (exact) mass is 358 g/mol. The lowest BCUT2D eigenvalue weighted by molar-refractivity contribution is -0.150. The van der Waals surface area contributed by atoms with Gasteiger partial charge < -0.3 is 20.3 Å². The maximum absolute atomic E-state index is 13.3. The number of piperidine rings is 1. The van der Waals surface area contributed by atoms with Crippen LogP contribution < -0.4 is 5.73 Å². The number of aromatic nitrogens is 1. The summed E-state index contributed by atoms with van der Waals surface area (Å²) < 4.78 is 5.44. The number of carbonyl (C=O) groups is 2. The molecule has 3 aliphatic heterocycles. The maximum atomic E-state index is 13.3. The Morgan fingerprint density at radius 3 is 2.85 bits per heavy atom. The smallest absolute Gasteiger partial charge is 0.254 e. The average molecular weight is 358 g/mol. The molecule has 2 amide bonds. The van der Waals surface area contributed by atoms with E-state index in [4.69, 9.17) is 10.5 Å². The lowest BCUT2D eigenvalue weighted by Crippen LogP contribution is -2.55. The zero-order chi connectivity index (χ0) is 18.1. The number of hydrogen-bond donors (Lipinski definition) is 1. The summed E-state index contributed by atoms with van der Waals surface area (Å²) in [6.45, 7) is 3.42. The molecule has 1 spiro atoms. The first-order valence-electron chi connectivity index (χ1n) is 9.49. The molecule has 3 fully saturated rings. The highest BCUT2D eigenvalue weighted by Gasteiger charge is 2.50. The van der Waals surface area contributed by atoms with E-state index in [0.717, 1.165) is 51.9 Å². The molecule has 0 aromatic carbocycles. The molecular weight excluding hydrogens is 332 g/mol. The number of nitrogen functional groups attached to an aromatic ring is 1. The Bertz CT molecular complexity index is 704. The molecule has 26 heavy (non-hydrogen) atoms. The molecule has 1 aromatic heterocycles. The molecule has 1 atom stereocenters. The summed E-state index contributed by atoms with van der Waals surface area (Å²) in [5.41, 5.74) is 5.83. The Hall–Kier alpha value is -2.15. The number of carbonyl (C=O) groups excluding carboxylic acids is 2. The van der Waals surface area contributed by atoms with Crippen LogP contribution in [0.3, 0.4) is 0 Å². The van der Waals surface area contributed by atoms with Crippen LogP contribution in [0.1, 0.15) is 42.5 Å². The van der Waals surface area contributed by atoms with Gasteiger partial charge in [0.05, 0.1) is 5.41 Å². The molecule has 7 heteroatoms. The predicted octanol–water partition coefficient (Wildman–Crippen LogP) is 1.30. The molecule has 140 valence electrons. The summed E-state index contributed by atoms with van der Waals surface area (Å²) in [4.78, 5) is 34.0. The first-order chi connectivity index (χ1) is 12.6. The first kappa shape index (κ1) is 17.3. The number of amides is 2. The molecular formula is C19H26N4O3. The van der Waals surface area contributed by atoms with Crippen molar-refractivity contribution in [2.24, 2.45) is 5.41 Å². The predicted molar refractivity (Wildman–Crippen MR) is 96.4 cm³/mol. The number of hydrogen-bond acceptors (Lipinski definition) is 5. The topological polar surface area (TPSA) is 88.8 Å². The molecule has 7 nitrogen and oxygen atoms in total. The molecule has 0 saturated carbocycles. The largest absolute Gasteiger partial charge is 0.384 e. The van der Waals surface area contributed by atoms with E-state index in [1.807, 2.05) is 0 Å². The highest BCUT2D eigenvalue weighted by atomic mass is 16.5. The van der Waals surface area contributed by atoms with Gasteiger partial charge >= 0.3 is 0 Å². The second-order valence-electron chi connectivity index (χ2n) is 7.67. The fourth-order valence-electron chi connectivity index (χ4n) is 4.63. The normalized spacial score (nSPS) is 27.3. The molecule has 1 unspecified atom stereocenters. The zero-order valence-electron chi connectivity index (χ0n) is 15.0. The Labute approximate surface area is 153 Å². The molecule has 2 N–H and O–H groups in total. The van der Waals surface area contributed by atoms with E-state index in [1.54, 1.807) is 23.2 Å². The van der Waals surface area contributed by atoms with Crippen LogP contribution in [-0.4, -0.2) is 65.5 Å². The second-order valence-corrected chi connectivity index (χ2v) is 7.67. The lowest BCUT2D eigenvalue weighted by Gasteiger charge is -2.44. The van der Waals surface area contributed by atoms with Crippen molar-refractivity contribution in [2.45, 2.75) is 38.1 Å². The van der Waals surface area contributed by atoms with Crippen molar-refractivity contribution in [1.82, 2.24) is 14.8 Å². The number of ether oxygens (including phenoxy) is 1. The van der Waals surface area contributed by atoms with E-state index in [2.05, 4.69) is 9.88 Å². The zero-order valence-corrected chi connectivity index (χ0v) is 15.0. The van der Waals surface area contributed by atoms with Crippen molar-refractivity contribution in [3.05, 3.63) is 23.9 Å². The van der Waals surface area contributed by atoms with Crippen molar-refractivity contribution in [3.8, 4) is 0 Å². The fourth-order valence-corrected chi connectivity index (χ4v) is 4.63. The van der Waals surface area contributed by atoms with Gasteiger partial charge in [-0.2, -0.15) is 0 Å². The summed E-state index contributed by atoms with van der Waals surface area (Å²) >= 11 is 0. The van der Waals surface area contributed by atoms with Crippen molar-refractivity contribution < 1.29 is 14.3 Å². The number of rotatable bonds is 2. The third kappa shape index (κ3) is 3.05. The third-order valence-electron chi connectivity index (χ3n) is 6.07. The van der Waals surface area contributed by atoms with E-state index < -0.39 is 5.41 Å². The van der Waals surface area contributed by atoms with Gasteiger partial charge in [-0.1, -0.05) is 0 Å². The van der Waals surface area contributed by atoms with Crippen molar-refractivity contribution in [3.63, 3.8) is 0 Å². The lowest BCUT2D eigenvalue weighted by atomic mass is 9.77. The number of nitrogens with two attached hydrogens (primary N) is 1. The van der Waals surface area contributed by atoms with Crippen LogP contribution in [0.4, 0.5) is 5.82 Å². The number of likely N-dealkylation sites (tertiary alicyclic amines) is 2. The summed E-state index contributed by atoms with van der Waals surface area (Å²) in [7, 11) is 0. The maximum Gasteiger partial charge on any atom is 0.254 e. The standard InChI is InChI=1S/C19H26N4O3/c20-16-12-14(2-7-21-16)17(24)22-9-6-19(13-22)5-1-8-23(18(19)25)15-3-10-26-11-4-15/h2,7,12,15H,1,3-6,8-11,13H2,(H2,20,21). The van der Waals surface area contributed by atoms with Gasteiger partial charge in [-0.05, 0) is 44.2 Å². The van der Waals surface area contributed by atoms with Crippen LogP contribution in [0.15, 0.2) is 18.3 Å². The van der Waals surface area contributed by atoms with E-state index in [0.29, 0.717) is 24.5 Å². The molecule has 3 saturated heterocycles. The summed E-state index contributed by atoms with van der Waals surface area (Å²) in [6, 6.07) is 3.57.